The number of benzene rings is 4. The Hall–Kier alpha value is -3.43. The summed E-state index contributed by atoms with van der Waals surface area (Å²) in [7, 11) is 0. The molecule has 0 fully saturated rings. The highest BCUT2D eigenvalue weighted by atomic mass is 35.5. The zero-order valence-electron chi connectivity index (χ0n) is 30.5. The molecule has 0 aliphatic heterocycles. The van der Waals surface area contributed by atoms with E-state index in [-0.39, 0.29) is 6.04 Å². The van der Waals surface area contributed by atoms with Gasteiger partial charge in [0.15, 0.2) is 0 Å². The van der Waals surface area contributed by atoms with Crippen LogP contribution in [0.5, 0.6) is 0 Å². The molecule has 3 heteroatoms. The fourth-order valence-corrected chi connectivity index (χ4v) is 6.58. The summed E-state index contributed by atoms with van der Waals surface area (Å²) < 4.78 is 0. The molecule has 48 heavy (non-hydrogen) atoms. The molecule has 2 nitrogen and oxygen atoms in total. The maximum absolute atomic E-state index is 6.16. The predicted molar refractivity (Wildman–Crippen MR) is 209 cm³/mol. The van der Waals surface area contributed by atoms with Crippen molar-refractivity contribution in [3.05, 3.63) is 164 Å². The second-order valence-electron chi connectivity index (χ2n) is 14.4. The fraction of sp³-hybridized carbons (Fsp3) is 0.378. The molecule has 4 aromatic rings. The molecule has 0 bridgehead atoms. The van der Waals surface area contributed by atoms with Crippen molar-refractivity contribution in [3.63, 3.8) is 0 Å². The van der Waals surface area contributed by atoms with Crippen molar-refractivity contribution in [1.82, 2.24) is 10.6 Å². The molecule has 4 atom stereocenters. The summed E-state index contributed by atoms with van der Waals surface area (Å²) >= 11 is 6.16. The third kappa shape index (κ3) is 12.2. The molecule has 4 unspecified atom stereocenters. The average molecular weight is 661 g/mol. The van der Waals surface area contributed by atoms with E-state index in [0.717, 1.165) is 37.4 Å². The molecular formula is C45H57ClN2. The first kappa shape index (κ1) is 37.4. The lowest BCUT2D eigenvalue weighted by Gasteiger charge is -2.23. The van der Waals surface area contributed by atoms with Crippen LogP contribution in [0, 0.1) is 20.8 Å². The molecule has 0 radical (unpaired) electrons. The highest BCUT2D eigenvalue weighted by molar-refractivity contribution is 6.30. The van der Waals surface area contributed by atoms with Crippen LogP contribution < -0.4 is 10.6 Å². The van der Waals surface area contributed by atoms with Crippen LogP contribution >= 0.6 is 11.6 Å². The Bertz CT molecular complexity index is 1630. The van der Waals surface area contributed by atoms with E-state index in [4.69, 9.17) is 11.6 Å². The third-order valence-corrected chi connectivity index (χ3v) is 9.72. The summed E-state index contributed by atoms with van der Waals surface area (Å²) in [5, 5.41) is 8.46. The summed E-state index contributed by atoms with van der Waals surface area (Å²) in [4.78, 5) is 0. The number of aryl methyl sites for hydroxylation is 3. The van der Waals surface area contributed by atoms with E-state index in [2.05, 4.69) is 157 Å². The summed E-state index contributed by atoms with van der Waals surface area (Å²) in [6.45, 7) is 19.6. The van der Waals surface area contributed by atoms with E-state index in [1.165, 1.54) is 55.7 Å². The van der Waals surface area contributed by atoms with Crippen molar-refractivity contribution >= 4 is 11.6 Å². The number of allylic oxidation sites excluding steroid dienone is 2. The molecule has 4 aromatic carbocycles. The van der Waals surface area contributed by atoms with Crippen molar-refractivity contribution < 1.29 is 0 Å². The van der Waals surface area contributed by atoms with E-state index >= 15 is 0 Å². The molecule has 0 saturated carbocycles. The first-order valence-corrected chi connectivity index (χ1v) is 18.1. The highest BCUT2D eigenvalue weighted by Gasteiger charge is 2.16. The molecule has 2 N–H and O–H groups in total. The van der Waals surface area contributed by atoms with Crippen molar-refractivity contribution in [2.75, 3.05) is 0 Å². The van der Waals surface area contributed by atoms with Crippen molar-refractivity contribution in [1.29, 1.82) is 0 Å². The lowest BCUT2D eigenvalue weighted by Crippen LogP contribution is -2.29. The number of halogens is 1. The van der Waals surface area contributed by atoms with E-state index in [9.17, 15) is 0 Å². The smallest absolute Gasteiger partial charge is 0.0406 e. The molecule has 254 valence electrons. The average Bonchev–Trinajstić information content (AvgIpc) is 3.05. The Morgan fingerprint density at radius 1 is 0.625 bits per heavy atom. The number of rotatable bonds is 16. The van der Waals surface area contributed by atoms with Crippen molar-refractivity contribution in [2.45, 2.75) is 112 Å². The van der Waals surface area contributed by atoms with E-state index in [1.807, 2.05) is 12.1 Å². The van der Waals surface area contributed by atoms with Crippen LogP contribution in [0.15, 0.2) is 114 Å². The Balaban J connectivity index is 1.47. The van der Waals surface area contributed by atoms with E-state index < -0.39 is 0 Å². The maximum atomic E-state index is 6.16. The second kappa shape index (κ2) is 18.4. The van der Waals surface area contributed by atoms with Crippen molar-refractivity contribution in [3.8, 4) is 0 Å². The van der Waals surface area contributed by atoms with Gasteiger partial charge in [0, 0.05) is 30.2 Å². The highest BCUT2D eigenvalue weighted by Crippen LogP contribution is 2.27. The van der Waals surface area contributed by atoms with Gasteiger partial charge in [0.2, 0.25) is 0 Å². The Kier molecular flexibility index (Phi) is 14.3. The zero-order chi connectivity index (χ0) is 34.6. The van der Waals surface area contributed by atoms with E-state index in [0.29, 0.717) is 17.9 Å². The first-order chi connectivity index (χ1) is 22.9. The minimum Gasteiger partial charge on any atom is -0.306 e. The number of nitrogens with one attached hydrogen (secondary N) is 2. The molecule has 0 spiro atoms. The monoisotopic (exact) mass is 660 g/mol. The van der Waals surface area contributed by atoms with Gasteiger partial charge in [0.05, 0.1) is 0 Å². The van der Waals surface area contributed by atoms with Gasteiger partial charge in [0.25, 0.3) is 0 Å². The van der Waals surface area contributed by atoms with Gasteiger partial charge in [-0.1, -0.05) is 139 Å². The first-order valence-electron chi connectivity index (χ1n) is 17.7. The third-order valence-electron chi connectivity index (χ3n) is 9.46. The van der Waals surface area contributed by atoms with Gasteiger partial charge in [-0.2, -0.15) is 0 Å². The van der Waals surface area contributed by atoms with Gasteiger partial charge in [-0.25, -0.2) is 0 Å². The molecule has 4 rings (SSSR count). The summed E-state index contributed by atoms with van der Waals surface area (Å²) in [5.74, 6) is 0.876. The molecule has 0 aliphatic carbocycles. The predicted octanol–water partition coefficient (Wildman–Crippen LogP) is 11.7. The minimum atomic E-state index is 0.254. The lowest BCUT2D eigenvalue weighted by molar-refractivity contribution is 0.511. The van der Waals surface area contributed by atoms with Crippen LogP contribution in [0.4, 0.5) is 0 Å². The van der Waals surface area contributed by atoms with Gasteiger partial charge in [-0.3, -0.25) is 0 Å². The van der Waals surface area contributed by atoms with Crippen LogP contribution in [0.25, 0.3) is 0 Å². The Morgan fingerprint density at radius 2 is 1.10 bits per heavy atom. The summed E-state index contributed by atoms with van der Waals surface area (Å²) in [6, 6.07) is 33.7. The van der Waals surface area contributed by atoms with Crippen LogP contribution in [0.2, 0.25) is 5.02 Å². The second-order valence-corrected chi connectivity index (χ2v) is 14.8. The molecular weight excluding hydrogens is 604 g/mol. The Morgan fingerprint density at radius 3 is 1.67 bits per heavy atom. The van der Waals surface area contributed by atoms with Crippen LogP contribution in [0.3, 0.4) is 0 Å². The molecule has 0 heterocycles. The topological polar surface area (TPSA) is 24.1 Å². The maximum Gasteiger partial charge on any atom is 0.0406 e. The standard InChI is InChI=1S/C45H57ClN2/c1-31(2)23-44(47-29-38-14-9-32(3)10-15-38)27-37(8)41-20-13-35(6)42(28-41)24-34(5)25-45(48-30-39-16-21-43(46)22-17-39)26-36(7)40-18-11-33(4)12-19-40/h9-23,25,28,36-37,44-45,47-48H,24,26-27,29-30H2,1-8H3. The Labute approximate surface area is 296 Å². The fourth-order valence-electron chi connectivity index (χ4n) is 6.45. The number of hydrogen-bond donors (Lipinski definition) is 2. The quantitative estimate of drug-likeness (QED) is 0.117. The molecule has 0 amide bonds. The lowest BCUT2D eigenvalue weighted by atomic mass is 9.88. The minimum absolute atomic E-state index is 0.254. The zero-order valence-corrected chi connectivity index (χ0v) is 31.3. The largest absolute Gasteiger partial charge is 0.306 e. The summed E-state index contributed by atoms with van der Waals surface area (Å²) in [6.07, 6.45) is 7.90. The van der Waals surface area contributed by atoms with Crippen LogP contribution in [-0.4, -0.2) is 12.1 Å². The van der Waals surface area contributed by atoms with Crippen LogP contribution in [0.1, 0.15) is 104 Å². The van der Waals surface area contributed by atoms with Gasteiger partial charge in [0.1, 0.15) is 0 Å². The number of hydrogen-bond acceptors (Lipinski definition) is 2. The van der Waals surface area contributed by atoms with Crippen molar-refractivity contribution in [2.24, 2.45) is 0 Å². The van der Waals surface area contributed by atoms with E-state index in [1.54, 1.807) is 0 Å². The van der Waals surface area contributed by atoms with Gasteiger partial charge in [-0.15, -0.1) is 0 Å². The molecule has 0 saturated heterocycles. The van der Waals surface area contributed by atoms with Crippen LogP contribution in [-0.2, 0) is 19.5 Å². The normalized spacial score (nSPS) is 14.3. The van der Waals surface area contributed by atoms with Gasteiger partial charge in [-0.05, 0) is 118 Å². The SMILES string of the molecule is CC(C)=CC(CC(C)c1ccc(C)c(CC(C)=CC(CC(C)c2ccc(C)cc2)NCc2ccc(Cl)cc2)c1)NCc1ccc(C)cc1. The van der Waals surface area contributed by atoms with Gasteiger partial charge < -0.3 is 10.6 Å². The molecule has 0 aromatic heterocycles. The van der Waals surface area contributed by atoms with Gasteiger partial charge >= 0.3 is 0 Å². The summed E-state index contributed by atoms with van der Waals surface area (Å²) in [5.41, 5.74) is 13.5. The molecule has 0 aliphatic rings.